The van der Waals surface area contributed by atoms with Crippen molar-refractivity contribution in [1.82, 2.24) is 8.75 Å². The van der Waals surface area contributed by atoms with Crippen LogP contribution < -0.4 is 14.2 Å². The van der Waals surface area contributed by atoms with Crippen molar-refractivity contribution < 1.29 is 28.8 Å². The van der Waals surface area contributed by atoms with Gasteiger partial charge in [-0.1, -0.05) is 36.4 Å². The molecule has 5 rings (SSSR count). The van der Waals surface area contributed by atoms with Crippen molar-refractivity contribution in [3.05, 3.63) is 82.9 Å². The van der Waals surface area contributed by atoms with Gasteiger partial charge in [-0.25, -0.2) is 4.79 Å². The maximum Gasteiger partial charge on any atom is 0.342 e. The summed E-state index contributed by atoms with van der Waals surface area (Å²) in [6, 6.07) is 18.0. The van der Waals surface area contributed by atoms with Gasteiger partial charge in [0, 0.05) is 17.6 Å². The van der Waals surface area contributed by atoms with Crippen molar-refractivity contribution in [3.63, 3.8) is 0 Å². The number of benzene rings is 3. The lowest BCUT2D eigenvalue weighted by molar-refractivity contribution is -0.185. The Labute approximate surface area is 231 Å². The van der Waals surface area contributed by atoms with Gasteiger partial charge in [-0.3, -0.25) is 0 Å². The molecule has 1 atom stereocenters. The van der Waals surface area contributed by atoms with Gasteiger partial charge in [0.15, 0.2) is 11.5 Å². The SMILES string of the molecule is COc1cc(CC2=C(c3ccc4nsnc4c3)C(=O)OC2(O)c2ccccc2)cc(OC(C)C)c1OC(C)C. The van der Waals surface area contributed by atoms with Gasteiger partial charge in [0.25, 0.3) is 5.79 Å². The van der Waals surface area contributed by atoms with Crippen LogP contribution in [0.2, 0.25) is 0 Å². The highest BCUT2D eigenvalue weighted by molar-refractivity contribution is 7.00. The molecule has 4 aromatic rings. The zero-order chi connectivity index (χ0) is 27.7. The number of ether oxygens (including phenoxy) is 4. The maximum absolute atomic E-state index is 13.4. The summed E-state index contributed by atoms with van der Waals surface area (Å²) in [5.41, 5.74) is 3.86. The molecule has 0 saturated heterocycles. The van der Waals surface area contributed by atoms with Crippen LogP contribution in [0.25, 0.3) is 16.6 Å². The largest absolute Gasteiger partial charge is 0.493 e. The Morgan fingerprint density at radius 2 is 1.62 bits per heavy atom. The van der Waals surface area contributed by atoms with E-state index in [4.69, 9.17) is 18.9 Å². The molecule has 9 heteroatoms. The number of methoxy groups -OCH3 is 1. The third-order valence-electron chi connectivity index (χ3n) is 6.26. The van der Waals surface area contributed by atoms with Gasteiger partial charge in [0.1, 0.15) is 11.0 Å². The van der Waals surface area contributed by atoms with Gasteiger partial charge >= 0.3 is 5.97 Å². The Balaban J connectivity index is 1.69. The molecule has 1 aliphatic heterocycles. The summed E-state index contributed by atoms with van der Waals surface area (Å²) in [7, 11) is 1.57. The van der Waals surface area contributed by atoms with E-state index in [1.165, 1.54) is 0 Å². The van der Waals surface area contributed by atoms with Crippen LogP contribution in [-0.2, 0) is 21.7 Å². The molecule has 202 valence electrons. The number of carbonyl (C=O) groups excluding carboxylic acids is 1. The molecule has 3 aromatic carbocycles. The van der Waals surface area contributed by atoms with Crippen LogP contribution in [0.5, 0.6) is 17.2 Å². The molecule has 1 unspecified atom stereocenters. The molecule has 0 radical (unpaired) electrons. The first-order chi connectivity index (χ1) is 18.7. The molecule has 1 N–H and O–H groups in total. The summed E-state index contributed by atoms with van der Waals surface area (Å²) < 4.78 is 32.1. The van der Waals surface area contributed by atoms with E-state index >= 15 is 0 Å². The van der Waals surface area contributed by atoms with E-state index in [2.05, 4.69) is 8.75 Å². The Hall–Kier alpha value is -3.95. The number of cyclic esters (lactones) is 1. The minimum absolute atomic E-state index is 0.104. The summed E-state index contributed by atoms with van der Waals surface area (Å²) in [6.45, 7) is 7.72. The van der Waals surface area contributed by atoms with Crippen molar-refractivity contribution >= 4 is 34.3 Å². The molecule has 2 heterocycles. The first-order valence-electron chi connectivity index (χ1n) is 12.7. The van der Waals surface area contributed by atoms with Crippen LogP contribution >= 0.6 is 11.7 Å². The molecule has 0 amide bonds. The first-order valence-corrected chi connectivity index (χ1v) is 13.4. The minimum Gasteiger partial charge on any atom is -0.493 e. The number of nitrogens with zero attached hydrogens (tertiary/aromatic N) is 2. The standard InChI is InChI=1S/C30H30N2O6S/c1-17(2)36-26-15-19(14-25(35-5)28(26)37-18(3)4)13-22-27(20-11-12-23-24(16-20)32-39-31-23)29(33)38-30(22,34)21-9-7-6-8-10-21/h6-12,14-18,34H,13H2,1-5H3. The molecular formula is C30H30N2O6S. The van der Waals surface area contributed by atoms with Crippen LogP contribution in [-0.4, -0.2) is 39.1 Å². The van der Waals surface area contributed by atoms with E-state index < -0.39 is 11.8 Å². The normalized spacial score (nSPS) is 17.3. The Bertz CT molecular complexity index is 1550. The first kappa shape index (κ1) is 26.6. The second-order valence-corrected chi connectivity index (χ2v) is 10.4. The van der Waals surface area contributed by atoms with Crippen molar-refractivity contribution in [3.8, 4) is 17.2 Å². The molecule has 0 fully saturated rings. The van der Waals surface area contributed by atoms with Crippen LogP contribution in [0.3, 0.4) is 0 Å². The minimum atomic E-state index is -1.97. The zero-order valence-electron chi connectivity index (χ0n) is 22.4. The summed E-state index contributed by atoms with van der Waals surface area (Å²) >= 11 is 1.10. The van der Waals surface area contributed by atoms with Crippen molar-refractivity contribution in [2.75, 3.05) is 7.11 Å². The molecule has 0 spiro atoms. The highest BCUT2D eigenvalue weighted by atomic mass is 32.1. The zero-order valence-corrected chi connectivity index (χ0v) is 23.2. The number of carbonyl (C=O) groups is 1. The van der Waals surface area contributed by atoms with Gasteiger partial charge in [-0.15, -0.1) is 0 Å². The van der Waals surface area contributed by atoms with Crippen LogP contribution in [0.4, 0.5) is 0 Å². The summed E-state index contributed by atoms with van der Waals surface area (Å²) in [5, 5.41) is 12.0. The van der Waals surface area contributed by atoms with E-state index in [1.807, 2.05) is 52.0 Å². The van der Waals surface area contributed by atoms with E-state index in [-0.39, 0.29) is 24.2 Å². The van der Waals surface area contributed by atoms with Gasteiger partial charge in [0.2, 0.25) is 5.75 Å². The average Bonchev–Trinajstić information content (AvgIpc) is 3.47. The number of hydrogen-bond acceptors (Lipinski definition) is 9. The fourth-order valence-corrected chi connectivity index (χ4v) is 5.17. The fourth-order valence-electron chi connectivity index (χ4n) is 4.66. The third kappa shape index (κ3) is 5.20. The predicted octanol–water partition coefficient (Wildman–Crippen LogP) is 5.67. The average molecular weight is 547 g/mol. The number of aliphatic hydroxyl groups is 1. The van der Waals surface area contributed by atoms with Gasteiger partial charge < -0.3 is 24.1 Å². The Morgan fingerprint density at radius 1 is 0.923 bits per heavy atom. The van der Waals surface area contributed by atoms with E-state index in [9.17, 15) is 9.90 Å². The smallest absolute Gasteiger partial charge is 0.342 e. The number of rotatable bonds is 9. The van der Waals surface area contributed by atoms with Gasteiger partial charge in [-0.2, -0.15) is 8.75 Å². The fraction of sp³-hybridized carbons (Fsp3) is 0.300. The molecular weight excluding hydrogens is 516 g/mol. The maximum atomic E-state index is 13.4. The number of fused-ring (bicyclic) bond motifs is 1. The van der Waals surface area contributed by atoms with E-state index in [1.54, 1.807) is 43.5 Å². The number of aromatic nitrogens is 2. The summed E-state index contributed by atoms with van der Waals surface area (Å²) in [5.74, 6) is -1.09. The molecule has 0 saturated carbocycles. The second kappa shape index (κ2) is 10.7. The van der Waals surface area contributed by atoms with E-state index in [0.717, 1.165) is 22.8 Å². The van der Waals surface area contributed by atoms with Crippen molar-refractivity contribution in [2.45, 2.75) is 52.1 Å². The lowest BCUT2D eigenvalue weighted by Gasteiger charge is -2.26. The topological polar surface area (TPSA) is 100 Å². The monoisotopic (exact) mass is 546 g/mol. The summed E-state index contributed by atoms with van der Waals surface area (Å²) in [6.07, 6.45) is -0.0508. The lowest BCUT2D eigenvalue weighted by Crippen LogP contribution is -2.29. The Kier molecular flexibility index (Phi) is 7.29. The van der Waals surface area contributed by atoms with Crippen LogP contribution in [0.1, 0.15) is 44.4 Å². The van der Waals surface area contributed by atoms with E-state index in [0.29, 0.717) is 39.5 Å². The molecule has 0 bridgehead atoms. The Morgan fingerprint density at radius 3 is 2.31 bits per heavy atom. The van der Waals surface area contributed by atoms with Crippen LogP contribution in [0.15, 0.2) is 66.2 Å². The van der Waals surface area contributed by atoms with Crippen molar-refractivity contribution in [1.29, 1.82) is 0 Å². The predicted molar refractivity (Wildman–Crippen MR) is 149 cm³/mol. The lowest BCUT2D eigenvalue weighted by atomic mass is 9.88. The van der Waals surface area contributed by atoms with Crippen LogP contribution in [0, 0.1) is 0 Å². The van der Waals surface area contributed by atoms with Crippen molar-refractivity contribution in [2.24, 2.45) is 0 Å². The summed E-state index contributed by atoms with van der Waals surface area (Å²) in [4.78, 5) is 13.4. The third-order valence-corrected chi connectivity index (χ3v) is 6.82. The molecule has 1 aromatic heterocycles. The van der Waals surface area contributed by atoms with Gasteiger partial charge in [-0.05, 0) is 63.1 Å². The van der Waals surface area contributed by atoms with Gasteiger partial charge in [0.05, 0.1) is 36.6 Å². The highest BCUT2D eigenvalue weighted by Gasteiger charge is 2.48. The molecule has 1 aliphatic rings. The second-order valence-electron chi connectivity index (χ2n) is 9.86. The number of hydrogen-bond donors (Lipinski definition) is 1. The molecule has 39 heavy (non-hydrogen) atoms. The molecule has 8 nitrogen and oxygen atoms in total. The highest BCUT2D eigenvalue weighted by Crippen LogP contribution is 2.47. The molecule has 0 aliphatic carbocycles. The quantitative estimate of drug-likeness (QED) is 0.268. The number of esters is 1.